The van der Waals surface area contributed by atoms with Gasteiger partial charge in [0.25, 0.3) is 0 Å². The molecule has 7 rings (SSSR count). The van der Waals surface area contributed by atoms with Gasteiger partial charge in [0.2, 0.25) is 11.0 Å². The van der Waals surface area contributed by atoms with Crippen molar-refractivity contribution in [1.29, 1.82) is 0 Å². The van der Waals surface area contributed by atoms with Crippen molar-refractivity contribution in [2.45, 2.75) is 0 Å². The smallest absolute Gasteiger partial charge is 0.232 e. The monoisotopic (exact) mass is 420 g/mol. The zero-order valence-electron chi connectivity index (χ0n) is 16.1. The number of furan rings is 2. The highest BCUT2D eigenvalue weighted by Gasteiger charge is 2.18. The molecule has 0 bridgehead atoms. The van der Waals surface area contributed by atoms with Crippen LogP contribution in [0.25, 0.3) is 66.0 Å². The minimum atomic E-state index is 0.150. The number of halogens is 1. The molecule has 0 saturated carbocycles. The first-order valence-corrected chi connectivity index (χ1v) is 10.3. The molecule has 0 spiro atoms. The lowest BCUT2D eigenvalue weighted by atomic mass is 10.0. The number of nitrogens with zero attached hydrogens (tertiary/aromatic N) is 2. The Balaban J connectivity index is 1.56. The van der Waals surface area contributed by atoms with Crippen LogP contribution in [0.1, 0.15) is 0 Å². The van der Waals surface area contributed by atoms with Gasteiger partial charge in [-0.3, -0.25) is 0 Å². The van der Waals surface area contributed by atoms with Crippen LogP contribution in [0.5, 0.6) is 0 Å². The van der Waals surface area contributed by atoms with Gasteiger partial charge in [-0.1, -0.05) is 54.6 Å². The highest BCUT2D eigenvalue weighted by Crippen LogP contribution is 2.39. The molecule has 0 aliphatic carbocycles. The number of para-hydroxylation sites is 1. The Bertz CT molecular complexity index is 1810. The van der Waals surface area contributed by atoms with Crippen LogP contribution in [-0.2, 0) is 0 Å². The Morgan fingerprint density at radius 2 is 1.42 bits per heavy atom. The van der Waals surface area contributed by atoms with Crippen molar-refractivity contribution < 1.29 is 8.83 Å². The third-order valence-corrected chi connectivity index (χ3v) is 6.02. The van der Waals surface area contributed by atoms with Crippen molar-refractivity contribution in [2.75, 3.05) is 0 Å². The van der Waals surface area contributed by atoms with E-state index in [9.17, 15) is 0 Å². The maximum atomic E-state index is 6.24. The predicted octanol–water partition coefficient (Wildman–Crippen LogP) is 7.75. The van der Waals surface area contributed by atoms with Crippen molar-refractivity contribution in [3.63, 3.8) is 0 Å². The molecule has 0 fully saturated rings. The van der Waals surface area contributed by atoms with Gasteiger partial charge in [-0.05, 0) is 46.6 Å². The number of benzene rings is 4. The molecule has 7 aromatic rings. The molecule has 3 aromatic heterocycles. The second kappa shape index (κ2) is 6.06. The minimum absolute atomic E-state index is 0.150. The summed E-state index contributed by atoms with van der Waals surface area (Å²) in [6, 6.07) is 26.5. The zero-order valence-corrected chi connectivity index (χ0v) is 16.9. The number of hydrogen-bond acceptors (Lipinski definition) is 4. The first-order valence-electron chi connectivity index (χ1n) is 9.95. The molecule has 0 amide bonds. The average Bonchev–Trinajstić information content (AvgIpc) is 3.36. The van der Waals surface area contributed by atoms with Gasteiger partial charge in [-0.15, -0.1) is 0 Å². The highest BCUT2D eigenvalue weighted by atomic mass is 35.5. The Labute approximate surface area is 180 Å². The van der Waals surface area contributed by atoms with Crippen molar-refractivity contribution in [1.82, 2.24) is 9.97 Å². The Hall–Kier alpha value is -3.89. The summed E-state index contributed by atoms with van der Waals surface area (Å²) in [5.41, 5.74) is 4.53. The molecule has 4 nitrogen and oxygen atoms in total. The second-order valence-electron chi connectivity index (χ2n) is 7.59. The van der Waals surface area contributed by atoms with Crippen LogP contribution in [0.3, 0.4) is 0 Å². The first-order chi connectivity index (χ1) is 15.3. The lowest BCUT2D eigenvalue weighted by Crippen LogP contribution is -1.89. The molecule has 0 aliphatic rings. The SMILES string of the molecule is Clc1nc(-c2ccc3c(c2)oc2ccc4ccccc4c23)c2c(n1)oc1ccccc12. The predicted molar refractivity (Wildman–Crippen MR) is 125 cm³/mol. The van der Waals surface area contributed by atoms with Gasteiger partial charge < -0.3 is 8.83 Å². The summed E-state index contributed by atoms with van der Waals surface area (Å²) >= 11 is 6.24. The van der Waals surface area contributed by atoms with Gasteiger partial charge >= 0.3 is 0 Å². The van der Waals surface area contributed by atoms with Crippen LogP contribution in [0.2, 0.25) is 5.28 Å². The van der Waals surface area contributed by atoms with Crippen LogP contribution in [0.15, 0.2) is 87.7 Å². The maximum Gasteiger partial charge on any atom is 0.232 e. The van der Waals surface area contributed by atoms with Crippen molar-refractivity contribution in [3.8, 4) is 11.3 Å². The number of hydrogen-bond donors (Lipinski definition) is 0. The van der Waals surface area contributed by atoms with Gasteiger partial charge in [0.1, 0.15) is 16.7 Å². The van der Waals surface area contributed by atoms with Gasteiger partial charge in [-0.2, -0.15) is 4.98 Å². The van der Waals surface area contributed by atoms with Gasteiger partial charge in [0, 0.05) is 21.7 Å². The largest absolute Gasteiger partial charge is 0.456 e. The Morgan fingerprint density at radius 1 is 0.613 bits per heavy atom. The van der Waals surface area contributed by atoms with Crippen LogP contribution in [-0.4, -0.2) is 9.97 Å². The molecule has 0 aliphatic heterocycles. The minimum Gasteiger partial charge on any atom is -0.456 e. The van der Waals surface area contributed by atoms with Crippen LogP contribution >= 0.6 is 11.6 Å². The quantitative estimate of drug-likeness (QED) is 0.255. The molecule has 0 saturated heterocycles. The number of rotatable bonds is 1. The highest BCUT2D eigenvalue weighted by molar-refractivity contribution is 6.29. The van der Waals surface area contributed by atoms with Crippen molar-refractivity contribution >= 4 is 66.4 Å². The van der Waals surface area contributed by atoms with Crippen LogP contribution in [0.4, 0.5) is 0 Å². The van der Waals surface area contributed by atoms with E-state index in [4.69, 9.17) is 20.4 Å². The fraction of sp³-hybridized carbons (Fsp3) is 0. The third kappa shape index (κ3) is 2.36. The van der Waals surface area contributed by atoms with Crippen molar-refractivity contribution in [3.05, 3.63) is 84.1 Å². The fourth-order valence-electron chi connectivity index (χ4n) is 4.50. The molecule has 146 valence electrons. The van der Waals surface area contributed by atoms with Crippen LogP contribution in [0, 0.1) is 0 Å². The Kier molecular flexibility index (Phi) is 3.30. The summed E-state index contributed by atoms with van der Waals surface area (Å²) in [5, 5.41) is 6.53. The van der Waals surface area contributed by atoms with Gasteiger partial charge in [0.15, 0.2) is 0 Å². The maximum absolute atomic E-state index is 6.24. The summed E-state index contributed by atoms with van der Waals surface area (Å²) in [5.74, 6) is 0. The molecule has 0 N–H and O–H groups in total. The lowest BCUT2D eigenvalue weighted by molar-refractivity contribution is 0.653. The van der Waals surface area contributed by atoms with E-state index in [0.717, 1.165) is 49.6 Å². The molecule has 31 heavy (non-hydrogen) atoms. The van der Waals surface area contributed by atoms with E-state index >= 15 is 0 Å². The van der Waals surface area contributed by atoms with Crippen molar-refractivity contribution in [2.24, 2.45) is 0 Å². The van der Waals surface area contributed by atoms with E-state index < -0.39 is 0 Å². The topological polar surface area (TPSA) is 52.1 Å². The summed E-state index contributed by atoms with van der Waals surface area (Å²) in [6.45, 7) is 0. The molecule has 0 atom stereocenters. The summed E-state index contributed by atoms with van der Waals surface area (Å²) in [4.78, 5) is 8.85. The molecular formula is C26H13ClN2O2. The standard InChI is InChI=1S/C26H13ClN2O2/c27-26-28-24(23-17-7-3-4-8-19(17)31-25(23)29-26)15-9-11-18-21(13-15)30-20-12-10-14-5-1-2-6-16(14)22(18)20/h1-13H. The number of fused-ring (bicyclic) bond motifs is 8. The summed E-state index contributed by atoms with van der Waals surface area (Å²) < 4.78 is 12.2. The van der Waals surface area contributed by atoms with Gasteiger partial charge in [0.05, 0.1) is 11.1 Å². The third-order valence-electron chi connectivity index (χ3n) is 5.85. The first kappa shape index (κ1) is 16.9. The van der Waals surface area contributed by atoms with E-state index in [1.165, 1.54) is 10.8 Å². The normalized spacial score (nSPS) is 12.0. The average molecular weight is 421 g/mol. The second-order valence-corrected chi connectivity index (χ2v) is 7.93. The molecule has 5 heteroatoms. The molecule has 0 radical (unpaired) electrons. The molecule has 0 unspecified atom stereocenters. The van der Waals surface area contributed by atoms with Crippen LogP contribution < -0.4 is 0 Å². The molecular weight excluding hydrogens is 408 g/mol. The lowest BCUT2D eigenvalue weighted by Gasteiger charge is -2.04. The zero-order chi connectivity index (χ0) is 20.5. The molecule has 4 aromatic carbocycles. The number of aromatic nitrogens is 2. The summed E-state index contributed by atoms with van der Waals surface area (Å²) in [7, 11) is 0. The van der Waals surface area contributed by atoms with Gasteiger partial charge in [-0.25, -0.2) is 4.98 Å². The van der Waals surface area contributed by atoms with E-state index in [1.807, 2.05) is 42.5 Å². The van der Waals surface area contributed by atoms with E-state index in [0.29, 0.717) is 5.71 Å². The fourth-order valence-corrected chi connectivity index (χ4v) is 4.66. The molecule has 3 heterocycles. The van der Waals surface area contributed by atoms with E-state index in [-0.39, 0.29) is 5.28 Å². The van der Waals surface area contributed by atoms with E-state index in [2.05, 4.69) is 46.4 Å². The summed E-state index contributed by atoms with van der Waals surface area (Å²) in [6.07, 6.45) is 0. The Morgan fingerprint density at radius 3 is 2.35 bits per heavy atom. The van der Waals surface area contributed by atoms with E-state index in [1.54, 1.807) is 0 Å².